The van der Waals surface area contributed by atoms with E-state index in [-0.39, 0.29) is 36.8 Å². The van der Waals surface area contributed by atoms with E-state index in [0.717, 1.165) is 11.1 Å². The zero-order chi connectivity index (χ0) is 25.9. The second-order valence-electron chi connectivity index (χ2n) is 9.47. The van der Waals surface area contributed by atoms with Gasteiger partial charge >= 0.3 is 0 Å². The van der Waals surface area contributed by atoms with Crippen molar-refractivity contribution in [3.63, 3.8) is 0 Å². The van der Waals surface area contributed by atoms with Gasteiger partial charge in [-0.2, -0.15) is 0 Å². The molecule has 9 heteroatoms. The molecule has 2 amide bonds. The first-order valence-electron chi connectivity index (χ1n) is 12.5. The van der Waals surface area contributed by atoms with Gasteiger partial charge in [0.15, 0.2) is 0 Å². The third-order valence-electron chi connectivity index (χ3n) is 6.94. The predicted molar refractivity (Wildman–Crippen MR) is 149 cm³/mol. The van der Waals surface area contributed by atoms with Crippen LogP contribution in [0.25, 0.3) is 0 Å². The molecule has 1 unspecified atom stereocenters. The van der Waals surface area contributed by atoms with Gasteiger partial charge in [0.05, 0.1) is 18.3 Å². The summed E-state index contributed by atoms with van der Waals surface area (Å²) in [5.74, 6) is -0.0971. The Morgan fingerprint density at radius 1 is 1.16 bits per heavy atom. The number of rotatable bonds is 8. The molecule has 0 fully saturated rings. The summed E-state index contributed by atoms with van der Waals surface area (Å²) in [6.45, 7) is 3.78. The Kier molecular flexibility index (Phi) is 8.95. The van der Waals surface area contributed by atoms with Gasteiger partial charge in [-0.25, -0.2) is 0 Å². The Bertz CT molecular complexity index is 1330. The molecule has 7 nitrogen and oxygen atoms in total. The Morgan fingerprint density at radius 3 is 2.71 bits per heavy atom. The first kappa shape index (κ1) is 27.9. The van der Waals surface area contributed by atoms with E-state index in [1.807, 2.05) is 37.3 Å². The third kappa shape index (κ3) is 5.97. The van der Waals surface area contributed by atoms with Crippen molar-refractivity contribution in [3.8, 4) is 5.75 Å². The number of benzene rings is 3. The van der Waals surface area contributed by atoms with Crippen molar-refractivity contribution in [2.24, 2.45) is 0 Å². The number of nitrogens with one attached hydrogen (secondary N) is 2. The molecule has 3 aromatic carbocycles. The third-order valence-corrected chi connectivity index (χ3v) is 7.18. The SMILES string of the molecule is CCOc1cc2c(cc1C(=O)NCC(O)[C@@H]1Cc3ccccc3CN1)CN(Cc1cccc(Cl)c1)C2=O.Cl. The number of hydrogen-bond donors (Lipinski definition) is 3. The minimum Gasteiger partial charge on any atom is -0.493 e. The summed E-state index contributed by atoms with van der Waals surface area (Å²) in [5.41, 5.74) is 5.03. The van der Waals surface area contributed by atoms with Gasteiger partial charge in [-0.15, -0.1) is 12.4 Å². The summed E-state index contributed by atoms with van der Waals surface area (Å²) in [7, 11) is 0. The number of aliphatic hydroxyl groups is 1. The Morgan fingerprint density at radius 2 is 1.95 bits per heavy atom. The van der Waals surface area contributed by atoms with Crippen LogP contribution in [0.2, 0.25) is 5.02 Å². The van der Waals surface area contributed by atoms with Gasteiger partial charge in [-0.05, 0) is 59.9 Å². The zero-order valence-corrected chi connectivity index (χ0v) is 22.6. The van der Waals surface area contributed by atoms with E-state index in [9.17, 15) is 14.7 Å². The van der Waals surface area contributed by atoms with Crippen LogP contribution in [0.4, 0.5) is 0 Å². The monoisotopic (exact) mass is 555 g/mol. The van der Waals surface area contributed by atoms with Crippen molar-refractivity contribution in [2.45, 2.75) is 45.1 Å². The number of ether oxygens (including phenoxy) is 1. The van der Waals surface area contributed by atoms with E-state index in [1.165, 1.54) is 11.1 Å². The lowest BCUT2D eigenvalue weighted by Crippen LogP contribution is -2.49. The van der Waals surface area contributed by atoms with Crippen LogP contribution in [0, 0.1) is 0 Å². The lowest BCUT2D eigenvalue weighted by Gasteiger charge is -2.30. The summed E-state index contributed by atoms with van der Waals surface area (Å²) in [4.78, 5) is 28.0. The largest absolute Gasteiger partial charge is 0.493 e. The molecule has 2 atom stereocenters. The molecule has 0 saturated carbocycles. The van der Waals surface area contributed by atoms with Crippen LogP contribution < -0.4 is 15.4 Å². The molecule has 200 valence electrons. The first-order valence-corrected chi connectivity index (χ1v) is 12.9. The van der Waals surface area contributed by atoms with E-state index in [2.05, 4.69) is 22.8 Å². The molecular formula is C29H31Cl2N3O4. The molecule has 0 radical (unpaired) electrons. The van der Waals surface area contributed by atoms with Crippen molar-refractivity contribution < 1.29 is 19.4 Å². The highest BCUT2D eigenvalue weighted by molar-refractivity contribution is 6.30. The molecule has 0 saturated heterocycles. The molecule has 3 aromatic rings. The molecule has 38 heavy (non-hydrogen) atoms. The van der Waals surface area contributed by atoms with Gasteiger partial charge in [0, 0.05) is 42.8 Å². The van der Waals surface area contributed by atoms with E-state index in [0.29, 0.717) is 54.6 Å². The average molecular weight is 556 g/mol. The van der Waals surface area contributed by atoms with Gasteiger partial charge < -0.3 is 25.4 Å². The highest BCUT2D eigenvalue weighted by Gasteiger charge is 2.31. The van der Waals surface area contributed by atoms with Gasteiger partial charge in [-0.1, -0.05) is 48.0 Å². The fraction of sp³-hybridized carbons (Fsp3) is 0.310. The second-order valence-corrected chi connectivity index (χ2v) is 9.90. The lowest BCUT2D eigenvalue weighted by atomic mass is 9.93. The quantitative estimate of drug-likeness (QED) is 0.389. The Labute approximate surface area is 233 Å². The highest BCUT2D eigenvalue weighted by atomic mass is 35.5. The van der Waals surface area contributed by atoms with Crippen molar-refractivity contribution in [1.82, 2.24) is 15.5 Å². The summed E-state index contributed by atoms with van der Waals surface area (Å²) < 4.78 is 5.74. The molecule has 0 aromatic heterocycles. The molecule has 0 spiro atoms. The van der Waals surface area contributed by atoms with Crippen LogP contribution >= 0.6 is 24.0 Å². The van der Waals surface area contributed by atoms with Crippen LogP contribution in [-0.4, -0.2) is 47.1 Å². The van der Waals surface area contributed by atoms with Gasteiger partial charge in [0.25, 0.3) is 11.8 Å². The lowest BCUT2D eigenvalue weighted by molar-refractivity contribution is 0.0766. The molecule has 2 heterocycles. The Balaban J connectivity index is 0.00000336. The zero-order valence-electron chi connectivity index (χ0n) is 21.1. The number of fused-ring (bicyclic) bond motifs is 2. The molecule has 0 aliphatic carbocycles. The van der Waals surface area contributed by atoms with Crippen LogP contribution in [0.3, 0.4) is 0 Å². The predicted octanol–water partition coefficient (Wildman–Crippen LogP) is 4.12. The van der Waals surface area contributed by atoms with Crippen molar-refractivity contribution in [3.05, 3.63) is 99.1 Å². The summed E-state index contributed by atoms with van der Waals surface area (Å²) in [5, 5.41) is 17.6. The van der Waals surface area contributed by atoms with Gasteiger partial charge in [0.1, 0.15) is 5.75 Å². The van der Waals surface area contributed by atoms with E-state index >= 15 is 0 Å². The molecule has 2 aliphatic rings. The maximum Gasteiger partial charge on any atom is 0.255 e. The number of amides is 2. The maximum atomic E-state index is 13.2. The van der Waals surface area contributed by atoms with Crippen molar-refractivity contribution >= 4 is 35.8 Å². The fourth-order valence-electron chi connectivity index (χ4n) is 5.02. The van der Waals surface area contributed by atoms with E-state index < -0.39 is 6.10 Å². The van der Waals surface area contributed by atoms with Crippen LogP contribution in [0.15, 0.2) is 60.7 Å². The molecule has 2 aliphatic heterocycles. The molecule has 0 bridgehead atoms. The average Bonchev–Trinajstić information content (AvgIpc) is 3.20. The van der Waals surface area contributed by atoms with E-state index in [1.54, 1.807) is 23.1 Å². The van der Waals surface area contributed by atoms with Gasteiger partial charge in [-0.3, -0.25) is 9.59 Å². The summed E-state index contributed by atoms with van der Waals surface area (Å²) in [6, 6.07) is 18.8. The summed E-state index contributed by atoms with van der Waals surface area (Å²) in [6.07, 6.45) is -0.0575. The number of carbonyl (C=O) groups excluding carboxylic acids is 2. The topological polar surface area (TPSA) is 90.9 Å². The minimum atomic E-state index is -0.753. The number of carbonyl (C=O) groups is 2. The van der Waals surface area contributed by atoms with Crippen LogP contribution in [-0.2, 0) is 26.1 Å². The number of halogens is 2. The smallest absolute Gasteiger partial charge is 0.255 e. The number of hydrogen-bond acceptors (Lipinski definition) is 5. The first-order chi connectivity index (χ1) is 17.9. The van der Waals surface area contributed by atoms with Crippen LogP contribution in [0.5, 0.6) is 5.75 Å². The standard InChI is InChI=1S/C29H30ClN3O4.ClH/c1-2-37-27-13-23-21(17-33(29(23)36)16-18-6-5-9-22(30)10-18)11-24(27)28(35)32-15-26(34)25-12-19-7-3-4-8-20(19)14-31-25;/h3-11,13,25-26,31,34H,2,12,14-17H2,1H3,(H,32,35);1H/t25-,26?;/m0./s1. The molecule has 3 N–H and O–H groups in total. The molecule has 5 rings (SSSR count). The second kappa shape index (κ2) is 12.2. The number of aliphatic hydroxyl groups excluding tert-OH is 1. The normalized spacial score (nSPS) is 16.8. The molecular weight excluding hydrogens is 525 g/mol. The summed E-state index contributed by atoms with van der Waals surface area (Å²) >= 11 is 6.10. The van der Waals surface area contributed by atoms with Gasteiger partial charge in [0.2, 0.25) is 0 Å². The highest BCUT2D eigenvalue weighted by Crippen LogP contribution is 2.32. The fourth-order valence-corrected chi connectivity index (χ4v) is 5.24. The minimum absolute atomic E-state index is 0. The van der Waals surface area contributed by atoms with Crippen molar-refractivity contribution in [2.75, 3.05) is 13.2 Å². The Hall–Kier alpha value is -3.10. The number of nitrogens with zero attached hydrogens (tertiary/aromatic N) is 1. The van der Waals surface area contributed by atoms with E-state index in [4.69, 9.17) is 16.3 Å². The van der Waals surface area contributed by atoms with Crippen molar-refractivity contribution in [1.29, 1.82) is 0 Å². The van der Waals surface area contributed by atoms with Crippen LogP contribution in [0.1, 0.15) is 49.9 Å². The maximum absolute atomic E-state index is 13.2.